The van der Waals surface area contributed by atoms with Gasteiger partial charge in [0.2, 0.25) is 0 Å². The summed E-state index contributed by atoms with van der Waals surface area (Å²) in [4.78, 5) is 11.6. The molecule has 1 amide bonds. The van der Waals surface area contributed by atoms with E-state index in [1.165, 1.54) is 19.1 Å². The van der Waals surface area contributed by atoms with Crippen LogP contribution >= 0.6 is 0 Å². The Morgan fingerprint density at radius 2 is 2.18 bits per heavy atom. The number of rotatable bonds is 4. The third kappa shape index (κ3) is 3.80. The number of carbonyl (C=O) groups is 1. The van der Waals surface area contributed by atoms with Crippen LogP contribution in [0.1, 0.15) is 22.8 Å². The van der Waals surface area contributed by atoms with E-state index in [0.717, 1.165) is 5.56 Å². The van der Waals surface area contributed by atoms with Crippen LogP contribution in [0.2, 0.25) is 0 Å². The summed E-state index contributed by atoms with van der Waals surface area (Å²) in [5, 5.41) is 20.6. The average Bonchev–Trinajstić information content (AvgIpc) is 2.26. The molecular formula is C12H16FNO3. The fourth-order valence-electron chi connectivity index (χ4n) is 1.23. The second kappa shape index (κ2) is 5.25. The minimum Gasteiger partial charge on any atom is -0.393 e. The lowest BCUT2D eigenvalue weighted by atomic mass is 10.1. The first-order valence-electron chi connectivity index (χ1n) is 5.23. The predicted octanol–water partition coefficient (Wildman–Crippen LogP) is 0.607. The van der Waals surface area contributed by atoms with Crippen molar-refractivity contribution in [1.82, 2.24) is 5.32 Å². The SMILES string of the molecule is Cc1ccc(C(=O)NCC(C)(O)CO)c(F)c1. The Kier molecular flexibility index (Phi) is 4.20. The third-order valence-corrected chi connectivity index (χ3v) is 2.34. The maximum atomic E-state index is 13.4. The van der Waals surface area contributed by atoms with Gasteiger partial charge in [-0.25, -0.2) is 4.39 Å². The topological polar surface area (TPSA) is 69.6 Å². The van der Waals surface area contributed by atoms with Crippen LogP contribution < -0.4 is 5.32 Å². The minimum absolute atomic E-state index is 0.0793. The molecule has 0 aromatic heterocycles. The predicted molar refractivity (Wildman–Crippen MR) is 61.2 cm³/mol. The van der Waals surface area contributed by atoms with Gasteiger partial charge >= 0.3 is 0 Å². The molecule has 1 aromatic carbocycles. The van der Waals surface area contributed by atoms with Crippen molar-refractivity contribution in [1.29, 1.82) is 0 Å². The Hall–Kier alpha value is -1.46. The van der Waals surface area contributed by atoms with Gasteiger partial charge in [-0.3, -0.25) is 4.79 Å². The van der Waals surface area contributed by atoms with Crippen molar-refractivity contribution >= 4 is 5.91 Å². The van der Waals surface area contributed by atoms with Crippen LogP contribution in [0.25, 0.3) is 0 Å². The van der Waals surface area contributed by atoms with Gasteiger partial charge in [0.05, 0.1) is 12.2 Å². The fourth-order valence-corrected chi connectivity index (χ4v) is 1.23. The van der Waals surface area contributed by atoms with Crippen molar-refractivity contribution < 1.29 is 19.4 Å². The third-order valence-electron chi connectivity index (χ3n) is 2.34. The Labute approximate surface area is 99.1 Å². The summed E-state index contributed by atoms with van der Waals surface area (Å²) in [6.07, 6.45) is 0. The maximum absolute atomic E-state index is 13.4. The number of amides is 1. The zero-order valence-corrected chi connectivity index (χ0v) is 9.83. The monoisotopic (exact) mass is 241 g/mol. The Morgan fingerprint density at radius 1 is 1.53 bits per heavy atom. The van der Waals surface area contributed by atoms with Gasteiger partial charge in [0, 0.05) is 6.54 Å². The summed E-state index contributed by atoms with van der Waals surface area (Å²) in [5.41, 5.74) is -0.762. The highest BCUT2D eigenvalue weighted by Gasteiger charge is 2.21. The number of hydrogen-bond donors (Lipinski definition) is 3. The molecule has 0 spiro atoms. The summed E-state index contributed by atoms with van der Waals surface area (Å²) in [6, 6.07) is 4.27. The fraction of sp³-hybridized carbons (Fsp3) is 0.417. The number of aryl methyl sites for hydroxylation is 1. The molecule has 0 aliphatic carbocycles. The van der Waals surface area contributed by atoms with Crippen molar-refractivity contribution in [3.8, 4) is 0 Å². The van der Waals surface area contributed by atoms with Crippen molar-refractivity contribution in [2.24, 2.45) is 0 Å². The second-order valence-corrected chi connectivity index (χ2v) is 4.32. The molecule has 0 saturated carbocycles. The smallest absolute Gasteiger partial charge is 0.254 e. The molecule has 0 radical (unpaired) electrons. The number of nitrogens with one attached hydrogen (secondary N) is 1. The normalized spacial score (nSPS) is 14.2. The van der Waals surface area contributed by atoms with E-state index in [-0.39, 0.29) is 12.1 Å². The van der Waals surface area contributed by atoms with Gasteiger partial charge in [-0.1, -0.05) is 6.07 Å². The first-order valence-corrected chi connectivity index (χ1v) is 5.23. The van der Waals surface area contributed by atoms with E-state index in [9.17, 15) is 14.3 Å². The quantitative estimate of drug-likeness (QED) is 0.723. The minimum atomic E-state index is -1.41. The van der Waals surface area contributed by atoms with E-state index < -0.39 is 23.9 Å². The van der Waals surface area contributed by atoms with Crippen molar-refractivity contribution in [3.63, 3.8) is 0 Å². The molecule has 1 unspecified atom stereocenters. The summed E-state index contributed by atoms with van der Waals surface area (Å²) >= 11 is 0. The lowest BCUT2D eigenvalue weighted by Crippen LogP contribution is -2.43. The molecule has 1 rings (SSSR count). The largest absolute Gasteiger partial charge is 0.393 e. The average molecular weight is 241 g/mol. The second-order valence-electron chi connectivity index (χ2n) is 4.32. The van der Waals surface area contributed by atoms with Crippen LogP contribution in [0.4, 0.5) is 4.39 Å². The van der Waals surface area contributed by atoms with E-state index in [1.807, 2.05) is 0 Å². The van der Waals surface area contributed by atoms with Crippen LogP contribution in [-0.4, -0.2) is 34.9 Å². The van der Waals surface area contributed by atoms with Crippen LogP contribution in [-0.2, 0) is 0 Å². The van der Waals surface area contributed by atoms with Gasteiger partial charge in [0.25, 0.3) is 5.91 Å². The molecule has 0 fully saturated rings. The molecular weight excluding hydrogens is 225 g/mol. The number of aliphatic hydroxyl groups is 2. The zero-order valence-electron chi connectivity index (χ0n) is 9.83. The summed E-state index contributed by atoms with van der Waals surface area (Å²) in [7, 11) is 0. The first-order chi connectivity index (χ1) is 7.85. The van der Waals surface area contributed by atoms with E-state index in [2.05, 4.69) is 5.32 Å². The van der Waals surface area contributed by atoms with Gasteiger partial charge in [0.15, 0.2) is 0 Å². The van der Waals surface area contributed by atoms with E-state index >= 15 is 0 Å². The Balaban J connectivity index is 2.71. The number of halogens is 1. The van der Waals surface area contributed by atoms with E-state index in [0.29, 0.717) is 0 Å². The lowest BCUT2D eigenvalue weighted by molar-refractivity contribution is 0.00317. The van der Waals surface area contributed by atoms with Gasteiger partial charge in [-0.2, -0.15) is 0 Å². The molecule has 0 saturated heterocycles. The molecule has 0 heterocycles. The molecule has 1 atom stereocenters. The van der Waals surface area contributed by atoms with Crippen LogP contribution in [0.5, 0.6) is 0 Å². The lowest BCUT2D eigenvalue weighted by Gasteiger charge is -2.20. The van der Waals surface area contributed by atoms with Crippen molar-refractivity contribution in [2.75, 3.05) is 13.2 Å². The zero-order chi connectivity index (χ0) is 13.1. The molecule has 1 aromatic rings. The Morgan fingerprint density at radius 3 is 2.71 bits per heavy atom. The van der Waals surface area contributed by atoms with Gasteiger partial charge in [0.1, 0.15) is 11.4 Å². The van der Waals surface area contributed by atoms with Crippen molar-refractivity contribution in [2.45, 2.75) is 19.4 Å². The highest BCUT2D eigenvalue weighted by Crippen LogP contribution is 2.10. The van der Waals surface area contributed by atoms with Gasteiger partial charge in [-0.05, 0) is 31.5 Å². The first kappa shape index (κ1) is 13.6. The summed E-state index contributed by atoms with van der Waals surface area (Å²) < 4.78 is 13.4. The molecule has 17 heavy (non-hydrogen) atoms. The maximum Gasteiger partial charge on any atom is 0.254 e. The standard InChI is InChI=1S/C12H16FNO3/c1-8-3-4-9(10(13)5-8)11(16)14-6-12(2,17)7-15/h3-5,15,17H,6-7H2,1-2H3,(H,14,16). The molecule has 0 bridgehead atoms. The van der Waals surface area contributed by atoms with Crippen LogP contribution in [0.15, 0.2) is 18.2 Å². The number of benzene rings is 1. The molecule has 0 aliphatic rings. The molecule has 0 aliphatic heterocycles. The summed E-state index contributed by atoms with van der Waals surface area (Å²) in [5.74, 6) is -1.22. The van der Waals surface area contributed by atoms with Crippen LogP contribution in [0.3, 0.4) is 0 Å². The van der Waals surface area contributed by atoms with Crippen molar-refractivity contribution in [3.05, 3.63) is 35.1 Å². The summed E-state index contributed by atoms with van der Waals surface area (Å²) in [6.45, 7) is 2.47. The number of carbonyl (C=O) groups excluding carboxylic acids is 1. The van der Waals surface area contributed by atoms with E-state index in [4.69, 9.17) is 5.11 Å². The molecule has 94 valence electrons. The Bertz CT molecular complexity index is 418. The highest BCUT2D eigenvalue weighted by atomic mass is 19.1. The number of aliphatic hydroxyl groups excluding tert-OH is 1. The molecule has 5 heteroatoms. The van der Waals surface area contributed by atoms with E-state index in [1.54, 1.807) is 13.0 Å². The molecule has 3 N–H and O–H groups in total. The number of hydrogen-bond acceptors (Lipinski definition) is 3. The highest BCUT2D eigenvalue weighted by molar-refractivity contribution is 5.94. The van der Waals surface area contributed by atoms with Crippen LogP contribution in [0, 0.1) is 12.7 Å². The van der Waals surface area contributed by atoms with Gasteiger partial charge in [-0.15, -0.1) is 0 Å². The van der Waals surface area contributed by atoms with Gasteiger partial charge < -0.3 is 15.5 Å². The molecule has 4 nitrogen and oxygen atoms in total.